The summed E-state index contributed by atoms with van der Waals surface area (Å²) >= 11 is 0. The summed E-state index contributed by atoms with van der Waals surface area (Å²) in [6, 6.07) is -0.494. The van der Waals surface area contributed by atoms with Crippen molar-refractivity contribution in [3.8, 4) is 0 Å². The second kappa shape index (κ2) is 6.43. The molecule has 1 unspecified atom stereocenters. The number of hydrogen-bond acceptors (Lipinski definition) is 3. The van der Waals surface area contributed by atoms with Gasteiger partial charge in [0.05, 0.1) is 12.6 Å². The SMILES string of the molecule is CCCOC(=O)NC(C=O)C(C)(C)CC. The smallest absolute Gasteiger partial charge is 0.407 e. The van der Waals surface area contributed by atoms with Gasteiger partial charge in [0.2, 0.25) is 0 Å². The summed E-state index contributed by atoms with van der Waals surface area (Å²) in [5, 5.41) is 2.56. The standard InChI is InChI=1S/C11H21NO3/c1-5-7-15-10(14)12-9(8-13)11(3,4)6-2/h8-9H,5-7H2,1-4H3,(H,12,14). The van der Waals surface area contributed by atoms with Crippen LogP contribution in [0.25, 0.3) is 0 Å². The first kappa shape index (κ1) is 13.9. The number of carbonyl (C=O) groups excluding carboxylic acids is 2. The molecular formula is C11H21NO3. The highest BCUT2D eigenvalue weighted by Crippen LogP contribution is 2.23. The van der Waals surface area contributed by atoms with Gasteiger partial charge in [0, 0.05) is 0 Å². The van der Waals surface area contributed by atoms with Crippen LogP contribution >= 0.6 is 0 Å². The predicted octanol–water partition coefficient (Wildman–Crippen LogP) is 2.13. The second-order valence-electron chi connectivity index (χ2n) is 4.24. The average Bonchev–Trinajstić information content (AvgIpc) is 2.22. The maximum absolute atomic E-state index is 11.2. The fourth-order valence-corrected chi connectivity index (χ4v) is 0.997. The van der Waals surface area contributed by atoms with E-state index in [1.54, 1.807) is 0 Å². The Hall–Kier alpha value is -1.06. The molecule has 0 aliphatic carbocycles. The number of ether oxygens (including phenoxy) is 1. The Morgan fingerprint density at radius 1 is 1.47 bits per heavy atom. The number of rotatable bonds is 6. The van der Waals surface area contributed by atoms with Crippen molar-refractivity contribution in [2.24, 2.45) is 5.41 Å². The van der Waals surface area contributed by atoms with Crippen LogP contribution in [0.4, 0.5) is 4.79 Å². The highest BCUT2D eigenvalue weighted by atomic mass is 16.5. The summed E-state index contributed by atoms with van der Waals surface area (Å²) in [5.74, 6) is 0. The van der Waals surface area contributed by atoms with Crippen LogP contribution in [0, 0.1) is 5.41 Å². The molecule has 4 heteroatoms. The molecule has 0 rings (SSSR count). The summed E-state index contributed by atoms with van der Waals surface area (Å²) in [6.45, 7) is 8.15. The Bertz CT molecular complexity index is 214. The van der Waals surface area contributed by atoms with Crippen LogP contribution in [0.2, 0.25) is 0 Å². The van der Waals surface area contributed by atoms with Gasteiger partial charge in [-0.3, -0.25) is 0 Å². The topological polar surface area (TPSA) is 55.4 Å². The molecule has 0 aromatic carbocycles. The molecule has 1 N–H and O–H groups in total. The van der Waals surface area contributed by atoms with Crippen molar-refractivity contribution >= 4 is 12.4 Å². The van der Waals surface area contributed by atoms with Crippen LogP contribution in [0.1, 0.15) is 40.5 Å². The van der Waals surface area contributed by atoms with Gasteiger partial charge < -0.3 is 14.8 Å². The molecule has 0 fully saturated rings. The fourth-order valence-electron chi connectivity index (χ4n) is 0.997. The zero-order valence-corrected chi connectivity index (χ0v) is 10.0. The van der Waals surface area contributed by atoms with E-state index in [1.165, 1.54) is 0 Å². The largest absolute Gasteiger partial charge is 0.450 e. The number of hydrogen-bond donors (Lipinski definition) is 1. The van der Waals surface area contributed by atoms with Gasteiger partial charge in [0.15, 0.2) is 0 Å². The van der Waals surface area contributed by atoms with E-state index in [1.807, 2.05) is 27.7 Å². The van der Waals surface area contributed by atoms with Gasteiger partial charge in [0.25, 0.3) is 0 Å². The predicted molar refractivity (Wildman–Crippen MR) is 58.7 cm³/mol. The molecule has 0 aromatic heterocycles. The maximum atomic E-state index is 11.2. The quantitative estimate of drug-likeness (QED) is 0.690. The summed E-state index contributed by atoms with van der Waals surface area (Å²) in [5.41, 5.74) is -0.243. The van der Waals surface area contributed by atoms with E-state index >= 15 is 0 Å². The molecule has 15 heavy (non-hydrogen) atoms. The van der Waals surface area contributed by atoms with Gasteiger partial charge in [-0.25, -0.2) is 4.79 Å². The number of nitrogens with one attached hydrogen (secondary N) is 1. The van der Waals surface area contributed by atoms with Crippen molar-refractivity contribution in [1.29, 1.82) is 0 Å². The average molecular weight is 215 g/mol. The lowest BCUT2D eigenvalue weighted by molar-refractivity contribution is -0.111. The van der Waals surface area contributed by atoms with Gasteiger partial charge in [-0.15, -0.1) is 0 Å². The van der Waals surface area contributed by atoms with Gasteiger partial charge in [-0.05, 0) is 18.3 Å². The molecule has 0 bridgehead atoms. The lowest BCUT2D eigenvalue weighted by Crippen LogP contribution is -2.46. The third-order valence-electron chi connectivity index (χ3n) is 2.60. The number of aldehydes is 1. The van der Waals surface area contributed by atoms with Crippen molar-refractivity contribution in [2.45, 2.75) is 46.6 Å². The van der Waals surface area contributed by atoms with E-state index in [2.05, 4.69) is 5.32 Å². The third kappa shape index (κ3) is 4.81. The maximum Gasteiger partial charge on any atom is 0.407 e. The van der Waals surface area contributed by atoms with Gasteiger partial charge in [-0.1, -0.05) is 27.7 Å². The molecule has 0 aliphatic rings. The molecule has 0 aromatic rings. The van der Waals surface area contributed by atoms with Gasteiger partial charge in [0.1, 0.15) is 6.29 Å². The Balaban J connectivity index is 4.21. The second-order valence-corrected chi connectivity index (χ2v) is 4.24. The monoisotopic (exact) mass is 215 g/mol. The minimum Gasteiger partial charge on any atom is -0.450 e. The minimum atomic E-state index is -0.518. The number of amides is 1. The van der Waals surface area contributed by atoms with E-state index in [0.717, 1.165) is 19.1 Å². The van der Waals surface area contributed by atoms with Crippen LogP contribution in [0.15, 0.2) is 0 Å². The molecule has 0 spiro atoms. The molecule has 1 atom stereocenters. The zero-order valence-electron chi connectivity index (χ0n) is 10.0. The van der Waals surface area contributed by atoms with Crippen LogP contribution in [0.5, 0.6) is 0 Å². The van der Waals surface area contributed by atoms with Crippen LogP contribution in [-0.2, 0) is 9.53 Å². The molecular weight excluding hydrogens is 194 g/mol. The molecule has 0 saturated carbocycles. The molecule has 0 radical (unpaired) electrons. The molecule has 0 saturated heterocycles. The van der Waals surface area contributed by atoms with Crippen molar-refractivity contribution in [3.63, 3.8) is 0 Å². The molecule has 0 heterocycles. The lowest BCUT2D eigenvalue weighted by atomic mass is 9.83. The minimum absolute atomic E-state index is 0.243. The highest BCUT2D eigenvalue weighted by Gasteiger charge is 2.29. The first-order valence-electron chi connectivity index (χ1n) is 5.36. The van der Waals surface area contributed by atoms with E-state index in [4.69, 9.17) is 4.74 Å². The number of carbonyl (C=O) groups is 2. The van der Waals surface area contributed by atoms with E-state index < -0.39 is 12.1 Å². The third-order valence-corrected chi connectivity index (χ3v) is 2.60. The van der Waals surface area contributed by atoms with Crippen molar-refractivity contribution in [1.82, 2.24) is 5.32 Å². The van der Waals surface area contributed by atoms with Crippen molar-refractivity contribution in [3.05, 3.63) is 0 Å². The summed E-state index contributed by atoms with van der Waals surface area (Å²) in [7, 11) is 0. The zero-order chi connectivity index (χ0) is 11.9. The van der Waals surface area contributed by atoms with Gasteiger partial charge >= 0.3 is 6.09 Å². The molecule has 88 valence electrons. The van der Waals surface area contributed by atoms with Crippen molar-refractivity contribution < 1.29 is 14.3 Å². The Labute approximate surface area is 91.4 Å². The summed E-state index contributed by atoms with van der Waals surface area (Å²) in [6.07, 6.45) is 1.83. The van der Waals surface area contributed by atoms with E-state index in [9.17, 15) is 9.59 Å². The Morgan fingerprint density at radius 3 is 2.47 bits per heavy atom. The summed E-state index contributed by atoms with van der Waals surface area (Å²) < 4.78 is 4.85. The van der Waals surface area contributed by atoms with Crippen LogP contribution in [0.3, 0.4) is 0 Å². The van der Waals surface area contributed by atoms with Crippen LogP contribution in [-0.4, -0.2) is 25.0 Å². The van der Waals surface area contributed by atoms with Crippen LogP contribution < -0.4 is 5.32 Å². The van der Waals surface area contributed by atoms with E-state index in [-0.39, 0.29) is 5.41 Å². The fraction of sp³-hybridized carbons (Fsp3) is 0.818. The summed E-state index contributed by atoms with van der Waals surface area (Å²) in [4.78, 5) is 22.1. The highest BCUT2D eigenvalue weighted by molar-refractivity contribution is 5.73. The van der Waals surface area contributed by atoms with Gasteiger partial charge in [-0.2, -0.15) is 0 Å². The van der Waals surface area contributed by atoms with Crippen molar-refractivity contribution in [2.75, 3.05) is 6.61 Å². The first-order valence-corrected chi connectivity index (χ1v) is 5.36. The Morgan fingerprint density at radius 2 is 2.07 bits per heavy atom. The molecule has 1 amide bonds. The lowest BCUT2D eigenvalue weighted by Gasteiger charge is -2.29. The Kier molecular flexibility index (Phi) is 5.97. The first-order chi connectivity index (χ1) is 6.97. The molecule has 0 aliphatic heterocycles. The molecule has 4 nitrogen and oxygen atoms in total. The normalized spacial score (nSPS) is 13.1. The number of alkyl carbamates (subject to hydrolysis) is 1. The van der Waals surface area contributed by atoms with E-state index in [0.29, 0.717) is 6.61 Å².